The van der Waals surface area contributed by atoms with E-state index in [9.17, 15) is 14.4 Å². The van der Waals surface area contributed by atoms with E-state index < -0.39 is 17.3 Å². The first kappa shape index (κ1) is 19.0. The average Bonchev–Trinajstić information content (AvgIpc) is 2.64. The van der Waals surface area contributed by atoms with Gasteiger partial charge in [0.25, 0.3) is 5.56 Å². The number of carbonyl (C=O) groups is 1. The number of aryl methyl sites for hydroxylation is 1. The topological polar surface area (TPSA) is 100 Å². The van der Waals surface area contributed by atoms with Crippen LogP contribution in [0.3, 0.4) is 0 Å². The van der Waals surface area contributed by atoms with Gasteiger partial charge in [0.1, 0.15) is 5.69 Å². The lowest BCUT2D eigenvalue weighted by molar-refractivity contribution is 0.209. The zero-order valence-corrected chi connectivity index (χ0v) is 15.0. The van der Waals surface area contributed by atoms with Gasteiger partial charge in [-0.05, 0) is 24.1 Å². The van der Waals surface area contributed by atoms with E-state index >= 15 is 0 Å². The molecule has 8 heteroatoms. The van der Waals surface area contributed by atoms with E-state index in [1.165, 1.54) is 24.9 Å². The van der Waals surface area contributed by atoms with E-state index in [1.54, 1.807) is 29.2 Å². The number of nitriles is 1. The highest BCUT2D eigenvalue weighted by atomic mass is 16.2. The molecule has 2 amide bonds. The van der Waals surface area contributed by atoms with Gasteiger partial charge in [-0.1, -0.05) is 19.1 Å². The average molecular weight is 355 g/mol. The second-order valence-electron chi connectivity index (χ2n) is 5.96. The van der Waals surface area contributed by atoms with Crippen LogP contribution in [-0.4, -0.2) is 26.6 Å². The molecule has 1 aromatic carbocycles. The van der Waals surface area contributed by atoms with Gasteiger partial charge in [0.05, 0.1) is 11.6 Å². The number of carbonyl (C=O) groups excluding carboxylic acids is 1. The van der Waals surface area contributed by atoms with Crippen molar-refractivity contribution in [2.75, 3.05) is 11.9 Å². The van der Waals surface area contributed by atoms with Crippen LogP contribution in [0.4, 0.5) is 10.5 Å². The van der Waals surface area contributed by atoms with Gasteiger partial charge in [0.2, 0.25) is 0 Å². The van der Waals surface area contributed by atoms with Crippen molar-refractivity contribution in [2.24, 2.45) is 14.1 Å². The summed E-state index contributed by atoms with van der Waals surface area (Å²) >= 11 is 0. The molecule has 0 atom stereocenters. The van der Waals surface area contributed by atoms with Crippen molar-refractivity contribution in [3.63, 3.8) is 0 Å². The predicted octanol–water partition coefficient (Wildman–Crippen LogP) is 1.40. The summed E-state index contributed by atoms with van der Waals surface area (Å²) in [7, 11) is 2.87. The van der Waals surface area contributed by atoms with Crippen LogP contribution < -0.4 is 16.6 Å². The summed E-state index contributed by atoms with van der Waals surface area (Å²) in [5, 5.41) is 11.4. The van der Waals surface area contributed by atoms with Gasteiger partial charge in [-0.3, -0.25) is 9.36 Å². The Hall–Kier alpha value is -3.34. The number of nitrogens with zero attached hydrogens (tertiary/aromatic N) is 4. The van der Waals surface area contributed by atoms with Gasteiger partial charge in [-0.2, -0.15) is 5.26 Å². The molecule has 0 aliphatic rings. The zero-order chi connectivity index (χ0) is 19.3. The van der Waals surface area contributed by atoms with Crippen LogP contribution in [0.5, 0.6) is 0 Å². The first-order chi connectivity index (χ1) is 12.4. The van der Waals surface area contributed by atoms with Crippen molar-refractivity contribution < 1.29 is 4.79 Å². The van der Waals surface area contributed by atoms with E-state index in [1.807, 2.05) is 6.92 Å². The molecule has 0 aliphatic heterocycles. The lowest BCUT2D eigenvalue weighted by atomic mass is 10.1. The predicted molar refractivity (Wildman–Crippen MR) is 97.8 cm³/mol. The van der Waals surface area contributed by atoms with Crippen LogP contribution >= 0.6 is 0 Å². The highest BCUT2D eigenvalue weighted by molar-refractivity contribution is 5.88. The standard InChI is InChI=1S/C18H21N5O3/c1-4-9-23(11-14-7-5-13(10-19)6-8-14)17(25)20-15-12-21(2)18(26)22(3)16(15)24/h5-8,12H,4,9,11H2,1-3H3,(H,20,25). The Labute approximate surface area is 150 Å². The SMILES string of the molecule is CCCN(Cc1ccc(C#N)cc1)C(=O)Nc1cn(C)c(=O)n(C)c1=O. The highest BCUT2D eigenvalue weighted by Crippen LogP contribution is 2.09. The largest absolute Gasteiger partial charge is 0.330 e. The fourth-order valence-electron chi connectivity index (χ4n) is 2.52. The summed E-state index contributed by atoms with van der Waals surface area (Å²) in [6.45, 7) is 2.79. The summed E-state index contributed by atoms with van der Waals surface area (Å²) in [5.74, 6) is 0. The van der Waals surface area contributed by atoms with Crippen LogP contribution in [0.1, 0.15) is 24.5 Å². The summed E-state index contributed by atoms with van der Waals surface area (Å²) in [6, 6.07) is 8.60. The summed E-state index contributed by atoms with van der Waals surface area (Å²) in [4.78, 5) is 38.1. The number of hydrogen-bond acceptors (Lipinski definition) is 4. The second-order valence-corrected chi connectivity index (χ2v) is 5.96. The Morgan fingerprint density at radius 1 is 1.23 bits per heavy atom. The minimum atomic E-state index is -0.559. The van der Waals surface area contributed by atoms with Crippen LogP contribution in [0.15, 0.2) is 40.1 Å². The molecule has 26 heavy (non-hydrogen) atoms. The number of rotatable bonds is 5. The molecule has 2 rings (SSSR count). The van der Waals surface area contributed by atoms with Crippen LogP contribution in [0.25, 0.3) is 0 Å². The smallest absolute Gasteiger partial charge is 0.320 e. The number of amides is 2. The molecule has 8 nitrogen and oxygen atoms in total. The molecule has 136 valence electrons. The van der Waals surface area contributed by atoms with Crippen LogP contribution in [0, 0.1) is 11.3 Å². The van der Waals surface area contributed by atoms with E-state index in [2.05, 4.69) is 11.4 Å². The Kier molecular flexibility index (Phi) is 5.96. The first-order valence-corrected chi connectivity index (χ1v) is 8.19. The maximum Gasteiger partial charge on any atom is 0.330 e. The number of anilines is 1. The normalized spacial score (nSPS) is 10.2. The maximum atomic E-state index is 12.6. The fourth-order valence-corrected chi connectivity index (χ4v) is 2.52. The molecule has 2 aromatic rings. The molecule has 0 radical (unpaired) electrons. The van der Waals surface area contributed by atoms with E-state index in [4.69, 9.17) is 5.26 Å². The lowest BCUT2D eigenvalue weighted by Gasteiger charge is -2.22. The van der Waals surface area contributed by atoms with Gasteiger partial charge < -0.3 is 14.8 Å². The zero-order valence-electron chi connectivity index (χ0n) is 15.0. The maximum absolute atomic E-state index is 12.6. The third-order valence-electron chi connectivity index (χ3n) is 3.93. The number of urea groups is 1. The van der Waals surface area contributed by atoms with Crippen molar-refractivity contribution >= 4 is 11.7 Å². The van der Waals surface area contributed by atoms with Crippen molar-refractivity contribution in [3.05, 3.63) is 62.4 Å². The Bertz CT molecular complexity index is 951. The van der Waals surface area contributed by atoms with Gasteiger partial charge in [0, 0.05) is 33.4 Å². The molecule has 0 saturated carbocycles. The molecule has 1 N–H and O–H groups in total. The quantitative estimate of drug-likeness (QED) is 0.876. The number of aromatic nitrogens is 2. The van der Waals surface area contributed by atoms with Gasteiger partial charge >= 0.3 is 11.7 Å². The lowest BCUT2D eigenvalue weighted by Crippen LogP contribution is -2.41. The minimum Gasteiger partial charge on any atom is -0.320 e. The van der Waals surface area contributed by atoms with Crippen LogP contribution in [-0.2, 0) is 20.6 Å². The monoisotopic (exact) mass is 355 g/mol. The minimum absolute atomic E-state index is 0.0422. The third kappa shape index (κ3) is 4.19. The number of nitrogens with one attached hydrogen (secondary N) is 1. The summed E-state index contributed by atoms with van der Waals surface area (Å²) in [5.41, 5.74) is 0.447. The molecule has 0 fully saturated rings. The van der Waals surface area contributed by atoms with E-state index in [0.717, 1.165) is 16.6 Å². The Morgan fingerprint density at radius 2 is 1.88 bits per heavy atom. The molecule has 0 saturated heterocycles. The first-order valence-electron chi connectivity index (χ1n) is 8.19. The molecule has 0 unspecified atom stereocenters. The van der Waals surface area contributed by atoms with Crippen molar-refractivity contribution in [1.82, 2.24) is 14.0 Å². The van der Waals surface area contributed by atoms with Crippen LogP contribution in [0.2, 0.25) is 0 Å². The van der Waals surface area contributed by atoms with Crippen molar-refractivity contribution in [2.45, 2.75) is 19.9 Å². The Balaban J connectivity index is 2.22. The number of benzene rings is 1. The summed E-state index contributed by atoms with van der Waals surface area (Å²) in [6.07, 6.45) is 2.06. The molecule has 0 bridgehead atoms. The second kappa shape index (κ2) is 8.16. The third-order valence-corrected chi connectivity index (χ3v) is 3.93. The van der Waals surface area contributed by atoms with E-state index in [0.29, 0.717) is 18.7 Å². The van der Waals surface area contributed by atoms with E-state index in [-0.39, 0.29) is 5.69 Å². The molecule has 0 spiro atoms. The van der Waals surface area contributed by atoms with Crippen molar-refractivity contribution in [1.29, 1.82) is 5.26 Å². The van der Waals surface area contributed by atoms with Gasteiger partial charge in [0.15, 0.2) is 0 Å². The number of hydrogen-bond donors (Lipinski definition) is 1. The molecule has 0 aliphatic carbocycles. The summed E-state index contributed by atoms with van der Waals surface area (Å²) < 4.78 is 2.18. The Morgan fingerprint density at radius 3 is 2.46 bits per heavy atom. The molecule has 1 heterocycles. The van der Waals surface area contributed by atoms with Gasteiger partial charge in [-0.15, -0.1) is 0 Å². The molecular weight excluding hydrogens is 334 g/mol. The molecular formula is C18H21N5O3. The van der Waals surface area contributed by atoms with Crippen molar-refractivity contribution in [3.8, 4) is 6.07 Å². The fraction of sp³-hybridized carbons (Fsp3) is 0.333. The molecule has 1 aromatic heterocycles. The highest BCUT2D eigenvalue weighted by Gasteiger charge is 2.16. The van der Waals surface area contributed by atoms with Gasteiger partial charge in [-0.25, -0.2) is 9.59 Å².